The van der Waals surface area contributed by atoms with E-state index in [1.165, 1.54) is 0 Å². The van der Waals surface area contributed by atoms with Crippen LogP contribution in [0, 0.1) is 0 Å². The number of nitrogens with two attached hydrogens (primary N) is 1. The highest BCUT2D eigenvalue weighted by Crippen LogP contribution is 2.22. The number of nitrogens with one attached hydrogen (secondary N) is 1. The molecule has 1 rings (SSSR count). The van der Waals surface area contributed by atoms with E-state index in [0.29, 0.717) is 6.42 Å². The quantitative estimate of drug-likeness (QED) is 0.892. The fraction of sp³-hybridized carbons (Fsp3) is 0.417. The molecule has 0 radical (unpaired) electrons. The van der Waals surface area contributed by atoms with Crippen molar-refractivity contribution < 1.29 is 4.79 Å². The number of rotatable bonds is 4. The predicted octanol–water partition coefficient (Wildman–Crippen LogP) is 2.36. The Kier molecular flexibility index (Phi) is 4.96. The first-order valence-electron chi connectivity index (χ1n) is 5.36. The molecule has 4 heteroatoms. The van der Waals surface area contributed by atoms with Crippen molar-refractivity contribution in [1.82, 2.24) is 5.32 Å². The monoisotopic (exact) mass is 284 g/mol. The Bertz CT molecular complexity index is 368. The Balaban J connectivity index is 2.69. The number of carbonyl (C=O) groups excluding carboxylic acids is 1. The van der Waals surface area contributed by atoms with Gasteiger partial charge in [-0.1, -0.05) is 41.1 Å². The van der Waals surface area contributed by atoms with Crippen LogP contribution in [0.1, 0.15) is 31.9 Å². The maximum absolute atomic E-state index is 11.6. The van der Waals surface area contributed by atoms with Gasteiger partial charge in [-0.2, -0.15) is 0 Å². The Morgan fingerprint density at radius 2 is 2.12 bits per heavy atom. The molecule has 0 heterocycles. The Morgan fingerprint density at radius 3 is 2.69 bits per heavy atom. The summed E-state index contributed by atoms with van der Waals surface area (Å²) in [4.78, 5) is 11.6. The molecule has 0 aliphatic rings. The van der Waals surface area contributed by atoms with E-state index in [4.69, 9.17) is 5.73 Å². The molecule has 0 aliphatic heterocycles. The van der Waals surface area contributed by atoms with Gasteiger partial charge in [0.2, 0.25) is 5.91 Å². The van der Waals surface area contributed by atoms with Gasteiger partial charge in [-0.05, 0) is 25.0 Å². The average Bonchev–Trinajstić information content (AvgIpc) is 2.28. The van der Waals surface area contributed by atoms with Crippen molar-refractivity contribution in [1.29, 1.82) is 0 Å². The summed E-state index contributed by atoms with van der Waals surface area (Å²) >= 11 is 3.46. The van der Waals surface area contributed by atoms with E-state index in [2.05, 4.69) is 21.2 Å². The van der Waals surface area contributed by atoms with Gasteiger partial charge in [-0.3, -0.25) is 4.79 Å². The van der Waals surface area contributed by atoms with Crippen LogP contribution in [-0.2, 0) is 4.79 Å². The van der Waals surface area contributed by atoms with Crippen molar-refractivity contribution >= 4 is 21.8 Å². The van der Waals surface area contributed by atoms with Crippen LogP contribution < -0.4 is 11.1 Å². The van der Waals surface area contributed by atoms with E-state index in [-0.39, 0.29) is 11.9 Å². The molecular formula is C12H17BrN2O. The molecule has 1 aromatic carbocycles. The fourth-order valence-electron chi connectivity index (χ4n) is 1.41. The number of carbonyl (C=O) groups is 1. The standard InChI is InChI=1S/C12H17BrN2O/c1-3-11(14)12(16)15-8(2)9-6-4-5-7-10(9)13/h4-8,11H,3,14H2,1-2H3,(H,15,16)/t8-,11?/m0/s1. The molecule has 0 spiro atoms. The van der Waals surface area contributed by atoms with Crippen LogP contribution in [-0.4, -0.2) is 11.9 Å². The Morgan fingerprint density at radius 1 is 1.50 bits per heavy atom. The molecule has 0 aliphatic carbocycles. The number of hydrogen-bond acceptors (Lipinski definition) is 2. The summed E-state index contributed by atoms with van der Waals surface area (Å²) < 4.78 is 0.993. The molecule has 0 saturated carbocycles. The third kappa shape index (κ3) is 3.32. The lowest BCUT2D eigenvalue weighted by Gasteiger charge is -2.18. The van der Waals surface area contributed by atoms with Crippen molar-refractivity contribution in [2.45, 2.75) is 32.4 Å². The highest BCUT2D eigenvalue weighted by molar-refractivity contribution is 9.10. The molecule has 3 N–H and O–H groups in total. The number of halogens is 1. The lowest BCUT2D eigenvalue weighted by molar-refractivity contribution is -0.123. The second kappa shape index (κ2) is 6.01. The molecule has 1 amide bonds. The maximum atomic E-state index is 11.6. The Labute approximate surface area is 105 Å². The fourth-order valence-corrected chi connectivity index (χ4v) is 2.04. The van der Waals surface area contributed by atoms with Crippen LogP contribution in [0.25, 0.3) is 0 Å². The van der Waals surface area contributed by atoms with Crippen molar-refractivity contribution in [2.24, 2.45) is 5.73 Å². The first kappa shape index (κ1) is 13.2. The van der Waals surface area contributed by atoms with Crippen molar-refractivity contribution in [3.63, 3.8) is 0 Å². The SMILES string of the molecule is CCC(N)C(=O)N[C@@H](C)c1ccccc1Br. The summed E-state index contributed by atoms with van der Waals surface area (Å²) in [6.45, 7) is 3.84. The highest BCUT2D eigenvalue weighted by atomic mass is 79.9. The molecule has 88 valence electrons. The van der Waals surface area contributed by atoms with Crippen molar-refractivity contribution in [2.75, 3.05) is 0 Å². The van der Waals surface area contributed by atoms with E-state index in [0.717, 1.165) is 10.0 Å². The van der Waals surface area contributed by atoms with Gasteiger partial charge < -0.3 is 11.1 Å². The maximum Gasteiger partial charge on any atom is 0.237 e. The normalized spacial score (nSPS) is 14.2. The molecule has 3 nitrogen and oxygen atoms in total. The van der Waals surface area contributed by atoms with Gasteiger partial charge in [0.25, 0.3) is 0 Å². The minimum atomic E-state index is -0.426. The van der Waals surface area contributed by atoms with Crippen LogP contribution in [0.5, 0.6) is 0 Å². The largest absolute Gasteiger partial charge is 0.348 e. The summed E-state index contributed by atoms with van der Waals surface area (Å²) in [5, 5.41) is 2.89. The van der Waals surface area contributed by atoms with Gasteiger partial charge in [-0.25, -0.2) is 0 Å². The van der Waals surface area contributed by atoms with E-state index in [1.807, 2.05) is 38.1 Å². The van der Waals surface area contributed by atoms with Gasteiger partial charge in [0.15, 0.2) is 0 Å². The smallest absolute Gasteiger partial charge is 0.237 e. The van der Waals surface area contributed by atoms with Crippen molar-refractivity contribution in [3.05, 3.63) is 34.3 Å². The average molecular weight is 285 g/mol. The summed E-state index contributed by atoms with van der Waals surface area (Å²) in [6, 6.07) is 7.36. The van der Waals surface area contributed by atoms with Crippen molar-refractivity contribution in [3.8, 4) is 0 Å². The summed E-state index contributed by atoms with van der Waals surface area (Å²) in [6.07, 6.45) is 0.647. The molecule has 0 bridgehead atoms. The number of amides is 1. The summed E-state index contributed by atoms with van der Waals surface area (Å²) in [5.41, 5.74) is 6.71. The minimum Gasteiger partial charge on any atom is -0.348 e. The number of benzene rings is 1. The molecule has 16 heavy (non-hydrogen) atoms. The van der Waals surface area contributed by atoms with Crippen LogP contribution in [0.3, 0.4) is 0 Å². The van der Waals surface area contributed by atoms with E-state index in [1.54, 1.807) is 0 Å². The molecular weight excluding hydrogens is 268 g/mol. The summed E-state index contributed by atoms with van der Waals surface area (Å²) in [5.74, 6) is -0.106. The molecule has 2 atom stereocenters. The first-order chi connectivity index (χ1) is 7.56. The molecule has 0 aromatic heterocycles. The molecule has 1 unspecified atom stereocenters. The second-order valence-electron chi connectivity index (χ2n) is 3.77. The van der Waals surface area contributed by atoms with E-state index < -0.39 is 6.04 Å². The first-order valence-corrected chi connectivity index (χ1v) is 6.16. The second-order valence-corrected chi connectivity index (χ2v) is 4.62. The minimum absolute atomic E-state index is 0.0410. The van der Waals surface area contributed by atoms with Gasteiger partial charge in [-0.15, -0.1) is 0 Å². The lowest BCUT2D eigenvalue weighted by atomic mass is 10.1. The van der Waals surface area contributed by atoms with E-state index in [9.17, 15) is 4.79 Å². The topological polar surface area (TPSA) is 55.1 Å². The zero-order chi connectivity index (χ0) is 12.1. The summed E-state index contributed by atoms with van der Waals surface area (Å²) in [7, 11) is 0. The third-order valence-electron chi connectivity index (χ3n) is 2.51. The molecule has 0 fully saturated rings. The lowest BCUT2D eigenvalue weighted by Crippen LogP contribution is -2.41. The Hall–Kier alpha value is -0.870. The highest BCUT2D eigenvalue weighted by Gasteiger charge is 2.15. The van der Waals surface area contributed by atoms with E-state index >= 15 is 0 Å². The van der Waals surface area contributed by atoms with Gasteiger partial charge >= 0.3 is 0 Å². The zero-order valence-electron chi connectivity index (χ0n) is 9.53. The molecule has 0 saturated heterocycles. The third-order valence-corrected chi connectivity index (χ3v) is 3.23. The predicted molar refractivity (Wildman–Crippen MR) is 69.0 cm³/mol. The molecule has 1 aromatic rings. The van der Waals surface area contributed by atoms with Crippen LogP contribution >= 0.6 is 15.9 Å². The van der Waals surface area contributed by atoms with Crippen LogP contribution in [0.2, 0.25) is 0 Å². The van der Waals surface area contributed by atoms with Crippen LogP contribution in [0.15, 0.2) is 28.7 Å². The zero-order valence-corrected chi connectivity index (χ0v) is 11.1. The number of hydrogen-bond donors (Lipinski definition) is 2. The van der Waals surface area contributed by atoms with Gasteiger partial charge in [0.05, 0.1) is 12.1 Å². The van der Waals surface area contributed by atoms with Crippen LogP contribution in [0.4, 0.5) is 0 Å². The van der Waals surface area contributed by atoms with Gasteiger partial charge in [0.1, 0.15) is 0 Å². The van der Waals surface area contributed by atoms with Gasteiger partial charge in [0, 0.05) is 4.47 Å².